The summed E-state index contributed by atoms with van der Waals surface area (Å²) in [5.74, 6) is 5.30. The lowest BCUT2D eigenvalue weighted by atomic mass is 9.99. The third-order valence-corrected chi connectivity index (χ3v) is 6.53. The van der Waals surface area contributed by atoms with Gasteiger partial charge in [-0.25, -0.2) is 0 Å². The molecule has 126 valence electrons. The highest BCUT2D eigenvalue weighted by Gasteiger charge is 2.14. The van der Waals surface area contributed by atoms with Crippen molar-refractivity contribution in [1.29, 1.82) is 0 Å². The molecule has 0 saturated heterocycles. The van der Waals surface area contributed by atoms with Crippen molar-refractivity contribution >= 4 is 63.7 Å². The Labute approximate surface area is 186 Å². The summed E-state index contributed by atoms with van der Waals surface area (Å²) in [4.78, 5) is 0. The molecule has 0 spiro atoms. The van der Waals surface area contributed by atoms with E-state index in [0.717, 1.165) is 51.3 Å². The molecule has 26 heavy (non-hydrogen) atoms. The molecule has 0 fully saturated rings. The molecule has 4 heteroatoms. The zero-order valence-electron chi connectivity index (χ0n) is 13.3. The van der Waals surface area contributed by atoms with Crippen molar-refractivity contribution in [1.82, 2.24) is 0 Å². The van der Waals surface area contributed by atoms with Crippen LogP contribution in [0.15, 0.2) is 66.4 Å². The first-order valence-corrected chi connectivity index (χ1v) is 10.6. The van der Waals surface area contributed by atoms with Gasteiger partial charge in [-0.05, 0) is 58.7 Å². The maximum absolute atomic E-state index is 5.48. The van der Waals surface area contributed by atoms with Gasteiger partial charge in [-0.3, -0.25) is 0 Å². The Bertz CT molecular complexity index is 1010. The second kappa shape index (κ2) is 8.15. The summed E-state index contributed by atoms with van der Waals surface area (Å²) in [6.45, 7) is 0. The molecule has 0 heterocycles. The van der Waals surface area contributed by atoms with Crippen molar-refractivity contribution in [2.24, 2.45) is 0 Å². The van der Waals surface area contributed by atoms with Gasteiger partial charge in [0.05, 0.1) is 0 Å². The number of hydrogen-bond acceptors (Lipinski definition) is 0. The van der Waals surface area contributed by atoms with Crippen LogP contribution in [0, 0.1) is 24.7 Å². The van der Waals surface area contributed by atoms with Crippen molar-refractivity contribution in [2.75, 3.05) is 0 Å². The minimum Gasteiger partial charge on any atom is -0.115 e. The van der Waals surface area contributed by atoms with Crippen LogP contribution in [0.4, 0.5) is 0 Å². The highest BCUT2D eigenvalue weighted by Crippen LogP contribution is 2.42. The van der Waals surface area contributed by atoms with Crippen molar-refractivity contribution < 1.29 is 0 Å². The van der Waals surface area contributed by atoms with E-state index in [-0.39, 0.29) is 0 Å². The van der Waals surface area contributed by atoms with Gasteiger partial charge in [0.2, 0.25) is 0 Å². The lowest BCUT2D eigenvalue weighted by molar-refractivity contribution is 1.49. The highest BCUT2D eigenvalue weighted by atomic mass is 79.9. The lowest BCUT2D eigenvalue weighted by Crippen LogP contribution is -1.89. The molecule has 0 N–H and O–H groups in total. The average molecular weight is 594 g/mol. The molecular weight excluding hydrogens is 584 g/mol. The molecule has 0 bridgehead atoms. The number of rotatable bonds is 2. The first-order chi connectivity index (χ1) is 12.4. The summed E-state index contributed by atoms with van der Waals surface area (Å²) < 4.78 is 3.87. The van der Waals surface area contributed by atoms with E-state index in [4.69, 9.17) is 12.8 Å². The summed E-state index contributed by atoms with van der Waals surface area (Å²) in [5.41, 5.74) is 5.92. The Hall–Kier alpha value is -1.30. The molecule has 0 aliphatic rings. The molecule has 0 amide bonds. The van der Waals surface area contributed by atoms with E-state index in [1.165, 1.54) is 0 Å². The molecule has 0 atom stereocenters. The van der Waals surface area contributed by atoms with Crippen LogP contribution in [0.5, 0.6) is 0 Å². The molecule has 3 aromatic carbocycles. The topological polar surface area (TPSA) is 0 Å². The van der Waals surface area contributed by atoms with Crippen LogP contribution >= 0.6 is 63.7 Å². The van der Waals surface area contributed by atoms with E-state index >= 15 is 0 Å². The predicted octanol–water partition coefficient (Wildman–Crippen LogP) is 8.03. The van der Waals surface area contributed by atoms with Crippen LogP contribution in [-0.4, -0.2) is 0 Å². The summed E-state index contributed by atoms with van der Waals surface area (Å²) in [5, 5.41) is 0. The molecule has 0 aromatic heterocycles. The molecule has 0 saturated carbocycles. The smallest absolute Gasteiger partial charge is 0.0266 e. The van der Waals surface area contributed by atoms with E-state index in [2.05, 4.69) is 87.7 Å². The predicted molar refractivity (Wildman–Crippen MR) is 124 cm³/mol. The van der Waals surface area contributed by atoms with E-state index in [9.17, 15) is 0 Å². The van der Waals surface area contributed by atoms with Gasteiger partial charge in [0.1, 0.15) is 0 Å². The molecule has 3 aromatic rings. The van der Waals surface area contributed by atoms with Crippen molar-refractivity contribution in [3.8, 4) is 46.9 Å². The molecule has 0 nitrogen and oxygen atoms in total. The Kier molecular flexibility index (Phi) is 6.10. The van der Waals surface area contributed by atoms with Crippen LogP contribution in [0.2, 0.25) is 0 Å². The monoisotopic (exact) mass is 590 g/mol. The summed E-state index contributed by atoms with van der Waals surface area (Å²) >= 11 is 14.6. The van der Waals surface area contributed by atoms with Gasteiger partial charge in [-0.15, -0.1) is 12.8 Å². The number of hydrogen-bond donors (Lipinski definition) is 0. The number of terminal acetylenes is 2. The Morgan fingerprint density at radius 2 is 0.846 bits per heavy atom. The van der Waals surface area contributed by atoms with Crippen molar-refractivity contribution in [2.45, 2.75) is 0 Å². The summed E-state index contributed by atoms with van der Waals surface area (Å²) in [6.07, 6.45) is 11.0. The fraction of sp³-hybridized carbons (Fsp3) is 0. The molecule has 0 unspecified atom stereocenters. The molecule has 0 radical (unpaired) electrons. The minimum absolute atomic E-state index is 0.838. The third-order valence-electron chi connectivity index (χ3n) is 3.91. The van der Waals surface area contributed by atoms with Gasteiger partial charge >= 0.3 is 0 Å². The highest BCUT2D eigenvalue weighted by molar-refractivity contribution is 9.11. The van der Waals surface area contributed by atoms with E-state index in [1.54, 1.807) is 0 Å². The Balaban J connectivity index is 2.13. The molecule has 0 aliphatic heterocycles. The summed E-state index contributed by atoms with van der Waals surface area (Å²) in [7, 11) is 0. The van der Waals surface area contributed by atoms with E-state index in [0.29, 0.717) is 0 Å². The van der Waals surface area contributed by atoms with Crippen LogP contribution in [-0.2, 0) is 0 Å². The third kappa shape index (κ3) is 3.85. The SMILES string of the molecule is C#Cc1ccc(-c2cc(Br)c(-c3ccc(C#C)cc3Br)cc2Br)c(Br)c1. The van der Waals surface area contributed by atoms with Crippen LogP contribution in [0.3, 0.4) is 0 Å². The first-order valence-electron chi connectivity index (χ1n) is 7.46. The van der Waals surface area contributed by atoms with Gasteiger partial charge in [-0.1, -0.05) is 87.7 Å². The van der Waals surface area contributed by atoms with Gasteiger partial charge < -0.3 is 0 Å². The van der Waals surface area contributed by atoms with Crippen molar-refractivity contribution in [3.63, 3.8) is 0 Å². The lowest BCUT2D eigenvalue weighted by Gasteiger charge is -2.14. The molecule has 3 rings (SSSR count). The van der Waals surface area contributed by atoms with Gasteiger partial charge in [-0.2, -0.15) is 0 Å². The van der Waals surface area contributed by atoms with Crippen molar-refractivity contribution in [3.05, 3.63) is 77.5 Å². The zero-order chi connectivity index (χ0) is 18.8. The second-order valence-corrected chi connectivity index (χ2v) is 8.91. The largest absolute Gasteiger partial charge is 0.115 e. The molecule has 0 aliphatic carbocycles. The maximum Gasteiger partial charge on any atom is 0.0266 e. The standard InChI is InChI=1S/C22H10Br4/c1-3-13-5-7-15(19(23)9-13)17-11-22(26)18(12-21(17)25)16-8-6-14(4-2)10-20(16)24/h1-2,5-12H. The Morgan fingerprint density at radius 1 is 0.500 bits per heavy atom. The number of halogens is 4. The quantitative estimate of drug-likeness (QED) is 0.264. The fourth-order valence-electron chi connectivity index (χ4n) is 2.61. The van der Waals surface area contributed by atoms with Crippen LogP contribution < -0.4 is 0 Å². The minimum atomic E-state index is 0.838. The number of benzene rings is 3. The summed E-state index contributed by atoms with van der Waals surface area (Å²) in [6, 6.07) is 16.0. The Morgan fingerprint density at radius 3 is 1.15 bits per heavy atom. The zero-order valence-corrected chi connectivity index (χ0v) is 19.6. The first kappa shape index (κ1) is 19.5. The van der Waals surface area contributed by atoms with Crippen LogP contribution in [0.1, 0.15) is 11.1 Å². The fourth-order valence-corrected chi connectivity index (χ4v) is 4.90. The van der Waals surface area contributed by atoms with Gasteiger partial charge in [0, 0.05) is 29.0 Å². The second-order valence-electron chi connectivity index (χ2n) is 5.49. The van der Waals surface area contributed by atoms with Gasteiger partial charge in [0.25, 0.3) is 0 Å². The van der Waals surface area contributed by atoms with Gasteiger partial charge in [0.15, 0.2) is 0 Å². The normalized spacial score (nSPS) is 10.2. The molecular formula is C22H10Br4. The van der Waals surface area contributed by atoms with E-state index in [1.807, 2.05) is 36.4 Å². The van der Waals surface area contributed by atoms with E-state index < -0.39 is 0 Å². The van der Waals surface area contributed by atoms with Crippen LogP contribution in [0.25, 0.3) is 22.3 Å². The maximum atomic E-state index is 5.48. The average Bonchev–Trinajstić information content (AvgIpc) is 2.63.